The van der Waals surface area contributed by atoms with E-state index in [1.54, 1.807) is 16.8 Å². The number of aromatic amines is 1. The zero-order valence-electron chi connectivity index (χ0n) is 20.6. The van der Waals surface area contributed by atoms with Crippen LogP contribution in [-0.2, 0) is 6.54 Å². The Bertz CT molecular complexity index is 1350. The normalized spacial score (nSPS) is 14.5. The van der Waals surface area contributed by atoms with Crippen LogP contribution in [0.3, 0.4) is 0 Å². The van der Waals surface area contributed by atoms with Crippen LogP contribution in [-0.4, -0.2) is 62.4 Å². The van der Waals surface area contributed by atoms with Crippen LogP contribution in [0.15, 0.2) is 47.4 Å². The van der Waals surface area contributed by atoms with Crippen molar-refractivity contribution in [1.29, 1.82) is 0 Å². The second kappa shape index (κ2) is 9.87. The summed E-state index contributed by atoms with van der Waals surface area (Å²) in [5.74, 6) is 0.484. The molecule has 0 spiro atoms. The smallest absolute Gasteiger partial charge is 0.261 e. The van der Waals surface area contributed by atoms with Crippen molar-refractivity contribution in [1.82, 2.24) is 29.6 Å². The number of nitrogens with one attached hydrogen (secondary N) is 2. The molecule has 0 unspecified atom stereocenters. The summed E-state index contributed by atoms with van der Waals surface area (Å²) in [7, 11) is 0. The van der Waals surface area contributed by atoms with E-state index in [2.05, 4.69) is 63.4 Å². The molecule has 1 aliphatic rings. The number of aromatic nitrogens is 5. The van der Waals surface area contributed by atoms with Gasteiger partial charge in [-0.25, -0.2) is 4.98 Å². The summed E-state index contributed by atoms with van der Waals surface area (Å²) < 4.78 is 1.74. The van der Waals surface area contributed by atoms with Crippen LogP contribution in [0.25, 0.3) is 22.3 Å². The highest BCUT2D eigenvalue weighted by Gasteiger charge is 2.17. The number of H-pyrrole nitrogens is 1. The van der Waals surface area contributed by atoms with Crippen LogP contribution in [0, 0.1) is 6.92 Å². The number of rotatable bonds is 7. The SMILES string of the molecule is CCCn1c(=O)c(-c2ccn[nH]2)cc2c(C)nc(Nc3ccc(N4CCN(CC)CC4)cc3)nc21. The Morgan fingerprint density at radius 3 is 2.46 bits per heavy atom. The Kier molecular flexibility index (Phi) is 6.50. The van der Waals surface area contributed by atoms with Gasteiger partial charge in [-0.1, -0.05) is 13.8 Å². The van der Waals surface area contributed by atoms with Crippen molar-refractivity contribution in [2.24, 2.45) is 0 Å². The van der Waals surface area contributed by atoms with Gasteiger partial charge in [0.25, 0.3) is 5.56 Å². The van der Waals surface area contributed by atoms with Crippen molar-refractivity contribution in [3.05, 3.63) is 58.6 Å². The van der Waals surface area contributed by atoms with Gasteiger partial charge in [-0.2, -0.15) is 10.1 Å². The molecule has 1 aromatic carbocycles. The minimum atomic E-state index is -0.0832. The van der Waals surface area contributed by atoms with Gasteiger partial charge in [-0.3, -0.25) is 14.5 Å². The molecule has 1 aliphatic heterocycles. The fraction of sp³-hybridized carbons (Fsp3) is 0.385. The molecule has 0 atom stereocenters. The third-order valence-corrected chi connectivity index (χ3v) is 6.68. The van der Waals surface area contributed by atoms with Gasteiger partial charge in [0.05, 0.1) is 17.0 Å². The van der Waals surface area contributed by atoms with Crippen LogP contribution in [0.2, 0.25) is 0 Å². The van der Waals surface area contributed by atoms with Crippen molar-refractivity contribution in [2.45, 2.75) is 33.7 Å². The molecule has 4 heterocycles. The standard InChI is InChI=1S/C26H32N8O/c1-4-12-34-24-21(17-22(25(34)35)23-10-11-27-31-23)18(3)28-26(30-24)29-19-6-8-20(9-7-19)33-15-13-32(5-2)14-16-33/h6-11,17H,4-5,12-16H2,1-3H3,(H,27,31)(H,28,29,30). The Morgan fingerprint density at radius 1 is 1.03 bits per heavy atom. The highest BCUT2D eigenvalue weighted by molar-refractivity contribution is 5.83. The van der Waals surface area contributed by atoms with Gasteiger partial charge in [0.1, 0.15) is 5.65 Å². The largest absolute Gasteiger partial charge is 0.369 e. The number of nitrogens with zero attached hydrogens (tertiary/aromatic N) is 6. The molecule has 0 amide bonds. The fourth-order valence-corrected chi connectivity index (χ4v) is 4.68. The average molecular weight is 473 g/mol. The van der Waals surface area contributed by atoms with E-state index < -0.39 is 0 Å². The zero-order valence-corrected chi connectivity index (χ0v) is 20.6. The van der Waals surface area contributed by atoms with Gasteiger partial charge in [0.2, 0.25) is 5.95 Å². The summed E-state index contributed by atoms with van der Waals surface area (Å²) >= 11 is 0. The summed E-state index contributed by atoms with van der Waals surface area (Å²) in [6.45, 7) is 12.2. The third kappa shape index (κ3) is 4.64. The minimum Gasteiger partial charge on any atom is -0.369 e. The van der Waals surface area contributed by atoms with Gasteiger partial charge >= 0.3 is 0 Å². The van der Waals surface area contributed by atoms with Crippen LogP contribution in [0.1, 0.15) is 26.0 Å². The lowest BCUT2D eigenvalue weighted by Gasteiger charge is -2.35. The molecule has 182 valence electrons. The number of pyridine rings is 1. The maximum absolute atomic E-state index is 13.3. The summed E-state index contributed by atoms with van der Waals surface area (Å²) in [5.41, 5.74) is 4.78. The fourth-order valence-electron chi connectivity index (χ4n) is 4.68. The first-order valence-corrected chi connectivity index (χ1v) is 12.3. The number of likely N-dealkylation sites (N-methyl/N-ethyl adjacent to an activating group) is 1. The Balaban J connectivity index is 1.44. The molecule has 9 nitrogen and oxygen atoms in total. The molecule has 1 saturated heterocycles. The van der Waals surface area contributed by atoms with Gasteiger partial charge in [-0.05, 0) is 56.3 Å². The summed E-state index contributed by atoms with van der Waals surface area (Å²) in [6, 6.07) is 12.1. The van der Waals surface area contributed by atoms with Crippen molar-refractivity contribution < 1.29 is 0 Å². The summed E-state index contributed by atoms with van der Waals surface area (Å²) in [6.07, 6.45) is 2.47. The predicted octanol–water partition coefficient (Wildman–Crippen LogP) is 3.79. The molecule has 4 aromatic rings. The number of aryl methyl sites for hydroxylation is 2. The third-order valence-electron chi connectivity index (χ3n) is 6.68. The molecule has 3 aromatic heterocycles. The van der Waals surface area contributed by atoms with Gasteiger partial charge in [0, 0.05) is 55.7 Å². The number of fused-ring (bicyclic) bond motifs is 1. The van der Waals surface area contributed by atoms with Gasteiger partial charge < -0.3 is 15.1 Å². The zero-order chi connectivity index (χ0) is 24.4. The summed E-state index contributed by atoms with van der Waals surface area (Å²) in [5, 5.41) is 11.1. The number of piperazine rings is 1. The Morgan fingerprint density at radius 2 is 1.80 bits per heavy atom. The molecule has 0 bridgehead atoms. The maximum atomic E-state index is 13.3. The van der Waals surface area contributed by atoms with E-state index in [1.807, 2.05) is 13.0 Å². The van der Waals surface area contributed by atoms with Crippen LogP contribution >= 0.6 is 0 Å². The molecule has 0 radical (unpaired) electrons. The first-order chi connectivity index (χ1) is 17.1. The summed E-state index contributed by atoms with van der Waals surface area (Å²) in [4.78, 5) is 27.7. The second-order valence-corrected chi connectivity index (χ2v) is 8.95. The Labute approximate surface area is 204 Å². The molecule has 9 heteroatoms. The monoisotopic (exact) mass is 472 g/mol. The quantitative estimate of drug-likeness (QED) is 0.423. The lowest BCUT2D eigenvalue weighted by molar-refractivity contribution is 0.271. The maximum Gasteiger partial charge on any atom is 0.261 e. The first-order valence-electron chi connectivity index (χ1n) is 12.3. The lowest BCUT2D eigenvalue weighted by atomic mass is 10.1. The average Bonchev–Trinajstić information content (AvgIpc) is 3.41. The number of benzene rings is 1. The topological polar surface area (TPSA) is 95.0 Å². The molecular formula is C26H32N8O. The van der Waals surface area contributed by atoms with E-state index in [0.717, 1.165) is 55.9 Å². The predicted molar refractivity (Wildman–Crippen MR) is 140 cm³/mol. The highest BCUT2D eigenvalue weighted by Crippen LogP contribution is 2.25. The van der Waals surface area contributed by atoms with E-state index in [4.69, 9.17) is 9.97 Å². The van der Waals surface area contributed by atoms with E-state index in [-0.39, 0.29) is 5.56 Å². The van der Waals surface area contributed by atoms with E-state index >= 15 is 0 Å². The van der Waals surface area contributed by atoms with Crippen molar-refractivity contribution in [3.8, 4) is 11.3 Å². The van der Waals surface area contributed by atoms with Gasteiger partial charge in [0.15, 0.2) is 0 Å². The van der Waals surface area contributed by atoms with Crippen molar-refractivity contribution >= 4 is 28.4 Å². The van der Waals surface area contributed by atoms with Gasteiger partial charge in [-0.15, -0.1) is 0 Å². The molecule has 0 saturated carbocycles. The van der Waals surface area contributed by atoms with E-state index in [0.29, 0.717) is 29.4 Å². The molecule has 5 rings (SSSR count). The molecular weight excluding hydrogens is 440 g/mol. The van der Waals surface area contributed by atoms with Crippen LogP contribution in [0.4, 0.5) is 17.3 Å². The second-order valence-electron chi connectivity index (χ2n) is 8.95. The van der Waals surface area contributed by atoms with Crippen molar-refractivity contribution in [3.63, 3.8) is 0 Å². The van der Waals surface area contributed by atoms with Crippen molar-refractivity contribution in [2.75, 3.05) is 42.9 Å². The van der Waals surface area contributed by atoms with E-state index in [1.165, 1.54) is 5.69 Å². The first kappa shape index (κ1) is 23.0. The molecule has 2 N–H and O–H groups in total. The minimum absolute atomic E-state index is 0.0832. The highest BCUT2D eigenvalue weighted by atomic mass is 16.1. The van der Waals surface area contributed by atoms with E-state index in [9.17, 15) is 4.79 Å². The van der Waals surface area contributed by atoms with Crippen LogP contribution < -0.4 is 15.8 Å². The molecule has 1 fully saturated rings. The number of hydrogen-bond donors (Lipinski definition) is 2. The van der Waals surface area contributed by atoms with Crippen LogP contribution in [0.5, 0.6) is 0 Å². The number of anilines is 3. The number of hydrogen-bond acceptors (Lipinski definition) is 7. The molecule has 0 aliphatic carbocycles. The molecule has 35 heavy (non-hydrogen) atoms. The Hall–Kier alpha value is -3.72. The lowest BCUT2D eigenvalue weighted by Crippen LogP contribution is -2.46.